The van der Waals surface area contributed by atoms with Gasteiger partial charge in [-0.05, 0) is 41.1 Å². The second-order valence-electron chi connectivity index (χ2n) is 5.92. The van der Waals surface area contributed by atoms with Gasteiger partial charge in [-0.25, -0.2) is 4.79 Å². The molecule has 0 amide bonds. The summed E-state index contributed by atoms with van der Waals surface area (Å²) in [5.74, 6) is -0.400. The van der Waals surface area contributed by atoms with Crippen molar-refractivity contribution in [3.05, 3.63) is 62.0 Å². The van der Waals surface area contributed by atoms with Crippen molar-refractivity contribution in [3.8, 4) is 17.2 Å². The zero-order chi connectivity index (χ0) is 21.3. The summed E-state index contributed by atoms with van der Waals surface area (Å²) < 4.78 is 50.0. The molecule has 7 nitrogen and oxygen atoms in total. The fourth-order valence-corrected chi connectivity index (χ4v) is 2.90. The molecule has 0 aliphatic carbocycles. The van der Waals surface area contributed by atoms with Crippen molar-refractivity contribution >= 4 is 23.2 Å². The molecule has 29 heavy (non-hydrogen) atoms. The van der Waals surface area contributed by atoms with E-state index in [1.165, 1.54) is 25.2 Å². The molecule has 0 spiro atoms. The summed E-state index contributed by atoms with van der Waals surface area (Å²) >= 11 is 12.2. The molecule has 0 N–H and O–H groups in total. The van der Waals surface area contributed by atoms with Crippen molar-refractivity contribution in [1.82, 2.24) is 19.8 Å². The van der Waals surface area contributed by atoms with E-state index >= 15 is 0 Å². The van der Waals surface area contributed by atoms with Crippen LogP contribution in [0, 0.1) is 6.92 Å². The van der Waals surface area contributed by atoms with Gasteiger partial charge in [0.1, 0.15) is 18.1 Å². The second kappa shape index (κ2) is 7.96. The quantitative estimate of drug-likeness (QED) is 0.588. The van der Waals surface area contributed by atoms with Crippen LogP contribution in [-0.4, -0.2) is 26.2 Å². The molecule has 0 saturated carbocycles. The highest BCUT2D eigenvalue weighted by atomic mass is 35.5. The summed E-state index contributed by atoms with van der Waals surface area (Å²) in [5, 5.41) is 7.82. The summed E-state index contributed by atoms with van der Waals surface area (Å²) in [6.45, 7) is 1.33. The van der Waals surface area contributed by atoms with E-state index in [9.17, 15) is 18.0 Å². The number of hydrogen-bond acceptors (Lipinski definition) is 5. The van der Waals surface area contributed by atoms with Gasteiger partial charge >= 0.3 is 12.1 Å². The maximum atomic E-state index is 12.9. The van der Waals surface area contributed by atoms with Gasteiger partial charge in [0.2, 0.25) is 0 Å². The summed E-state index contributed by atoms with van der Waals surface area (Å²) in [4.78, 5) is 12.2. The fourth-order valence-electron chi connectivity index (χ4n) is 2.47. The number of ether oxygens (including phenoxy) is 2. The van der Waals surface area contributed by atoms with Crippen LogP contribution in [0.3, 0.4) is 0 Å². The van der Waals surface area contributed by atoms with Crippen LogP contribution in [0.15, 0.2) is 35.1 Å². The number of alkyl halides is 3. The Morgan fingerprint density at radius 3 is 2.45 bits per heavy atom. The van der Waals surface area contributed by atoms with Crippen molar-refractivity contribution in [3.63, 3.8) is 0 Å². The van der Waals surface area contributed by atoms with Gasteiger partial charge in [-0.15, -0.1) is 13.2 Å². The van der Waals surface area contributed by atoms with Gasteiger partial charge in [0, 0.05) is 18.1 Å². The number of tetrazole rings is 1. The van der Waals surface area contributed by atoms with Gasteiger partial charge in [0.15, 0.2) is 0 Å². The molecule has 12 heteroatoms. The lowest BCUT2D eigenvalue weighted by atomic mass is 10.1. The monoisotopic (exact) mass is 448 g/mol. The molecule has 154 valence electrons. The maximum absolute atomic E-state index is 12.9. The molecule has 0 aliphatic rings. The Morgan fingerprint density at radius 1 is 1.10 bits per heavy atom. The lowest BCUT2D eigenvalue weighted by Gasteiger charge is -2.17. The maximum Gasteiger partial charge on any atom is 0.573 e. The minimum absolute atomic E-state index is 0.0131. The topological polar surface area (TPSA) is 71.2 Å². The molecule has 0 bridgehead atoms. The molecule has 1 heterocycles. The molecular weight excluding hydrogens is 436 g/mol. The van der Waals surface area contributed by atoms with Crippen LogP contribution in [0.4, 0.5) is 13.2 Å². The first-order valence-electron chi connectivity index (χ1n) is 8.02. The van der Waals surface area contributed by atoms with Crippen molar-refractivity contribution in [1.29, 1.82) is 0 Å². The molecule has 0 radical (unpaired) electrons. The fraction of sp³-hybridized carbons (Fsp3) is 0.235. The Bertz CT molecular complexity index is 1110. The van der Waals surface area contributed by atoms with Crippen molar-refractivity contribution < 1.29 is 22.6 Å². The summed E-state index contributed by atoms with van der Waals surface area (Å²) in [6.07, 6.45) is -4.95. The van der Waals surface area contributed by atoms with E-state index in [0.29, 0.717) is 10.6 Å². The van der Waals surface area contributed by atoms with E-state index in [2.05, 4.69) is 15.2 Å². The van der Waals surface area contributed by atoms with E-state index in [-0.39, 0.29) is 22.0 Å². The normalized spacial score (nSPS) is 11.6. The number of aryl methyl sites for hydroxylation is 2. The molecule has 0 saturated heterocycles. The highest BCUT2D eigenvalue weighted by Gasteiger charge is 2.33. The predicted molar refractivity (Wildman–Crippen MR) is 98.8 cm³/mol. The highest BCUT2D eigenvalue weighted by Crippen LogP contribution is 2.34. The minimum Gasteiger partial charge on any atom is -0.487 e. The van der Waals surface area contributed by atoms with E-state index in [1.54, 1.807) is 13.0 Å². The first-order chi connectivity index (χ1) is 13.6. The average molecular weight is 449 g/mol. The first-order valence-corrected chi connectivity index (χ1v) is 8.78. The zero-order valence-corrected chi connectivity index (χ0v) is 16.5. The number of aromatic nitrogens is 4. The van der Waals surface area contributed by atoms with Gasteiger partial charge in [0.05, 0.1) is 16.3 Å². The van der Waals surface area contributed by atoms with Crippen LogP contribution in [-0.2, 0) is 13.7 Å². The largest absolute Gasteiger partial charge is 0.573 e. The van der Waals surface area contributed by atoms with Crippen LogP contribution in [0.1, 0.15) is 11.1 Å². The van der Waals surface area contributed by atoms with E-state index < -0.39 is 24.4 Å². The molecular formula is C17H13Cl2F3N4O3. The molecule has 0 aliphatic heterocycles. The van der Waals surface area contributed by atoms with Crippen LogP contribution in [0.5, 0.6) is 11.5 Å². The first kappa shape index (κ1) is 21.0. The van der Waals surface area contributed by atoms with Gasteiger partial charge in [-0.1, -0.05) is 29.3 Å². The third kappa shape index (κ3) is 4.65. The molecule has 0 unspecified atom stereocenters. The average Bonchev–Trinajstić information content (AvgIpc) is 2.95. The summed E-state index contributed by atoms with van der Waals surface area (Å²) in [6, 6.07) is 6.78. The zero-order valence-electron chi connectivity index (χ0n) is 15.0. The summed E-state index contributed by atoms with van der Waals surface area (Å²) in [7, 11) is 1.35. The van der Waals surface area contributed by atoms with Crippen LogP contribution in [0.2, 0.25) is 10.0 Å². The third-order valence-corrected chi connectivity index (χ3v) is 4.57. The van der Waals surface area contributed by atoms with Crippen LogP contribution >= 0.6 is 23.2 Å². The van der Waals surface area contributed by atoms with Crippen molar-refractivity contribution in [2.45, 2.75) is 19.9 Å². The third-order valence-electron chi connectivity index (χ3n) is 3.87. The molecule has 1 aromatic heterocycles. The van der Waals surface area contributed by atoms with Crippen LogP contribution in [0.25, 0.3) is 5.69 Å². The number of benzene rings is 2. The van der Waals surface area contributed by atoms with Crippen molar-refractivity contribution in [2.75, 3.05) is 0 Å². The number of halogens is 5. The van der Waals surface area contributed by atoms with Gasteiger partial charge < -0.3 is 9.47 Å². The smallest absolute Gasteiger partial charge is 0.487 e. The number of nitrogens with zero attached hydrogens (tertiary/aromatic N) is 4. The van der Waals surface area contributed by atoms with E-state index in [4.69, 9.17) is 27.9 Å². The lowest BCUT2D eigenvalue weighted by molar-refractivity contribution is -0.275. The Morgan fingerprint density at radius 2 is 1.83 bits per heavy atom. The van der Waals surface area contributed by atoms with Gasteiger partial charge in [-0.2, -0.15) is 9.36 Å². The molecule has 2 aromatic carbocycles. The van der Waals surface area contributed by atoms with E-state index in [1.807, 2.05) is 0 Å². The molecule has 3 rings (SSSR count). The van der Waals surface area contributed by atoms with Crippen molar-refractivity contribution in [2.24, 2.45) is 7.05 Å². The highest BCUT2D eigenvalue weighted by molar-refractivity contribution is 6.34. The summed E-state index contributed by atoms with van der Waals surface area (Å²) in [5.41, 5.74) is -0.0252. The minimum atomic E-state index is -4.95. The molecule has 0 atom stereocenters. The number of rotatable bonds is 5. The molecule has 3 aromatic rings. The predicted octanol–water partition coefficient (Wildman–Crippen LogP) is 4.06. The SMILES string of the molecule is Cc1cc(Cl)c(OCc2c(OC(F)(F)F)cccc2-n2nnn(C)c2=O)cc1Cl. The van der Waals surface area contributed by atoms with Gasteiger partial charge in [-0.3, -0.25) is 0 Å². The lowest BCUT2D eigenvalue weighted by Crippen LogP contribution is -2.24. The number of hydrogen-bond donors (Lipinski definition) is 0. The Balaban J connectivity index is 2.06. The Kier molecular flexibility index (Phi) is 5.76. The second-order valence-corrected chi connectivity index (χ2v) is 6.73. The standard InChI is InChI=1S/C17H13Cl2F3N4O3/c1-9-6-12(19)15(7-11(9)18)28-8-10-13(26-16(27)25(2)23-24-26)4-3-5-14(10)29-17(20,21)22/h3-7H,8H2,1-2H3. The van der Waals surface area contributed by atoms with Crippen LogP contribution < -0.4 is 15.2 Å². The molecule has 0 fully saturated rings. The van der Waals surface area contributed by atoms with Gasteiger partial charge in [0.25, 0.3) is 0 Å². The Hall–Kier alpha value is -2.72. The Labute approximate surface area is 172 Å². The van der Waals surface area contributed by atoms with E-state index in [0.717, 1.165) is 15.4 Å².